The number of benzene rings is 2. The maximum absolute atomic E-state index is 13.8. The maximum Gasteiger partial charge on any atom is 0.240 e. The lowest BCUT2D eigenvalue weighted by Gasteiger charge is -2.51. The molecule has 5 nitrogen and oxygen atoms in total. The molecule has 0 aliphatic carbocycles. The zero-order valence-electron chi connectivity index (χ0n) is 21.1. The molecule has 0 radical (unpaired) electrons. The SMILES string of the molecule is CC(CN(C)C)N[C@H](Cc1ccc(Cl)cc1)C(=O)N1CCC2(CC1)c1ccccc1CCN2C. The number of fused-ring (bicyclic) bond motifs is 2. The molecule has 1 unspecified atom stereocenters. The lowest BCUT2D eigenvalue weighted by atomic mass is 9.74. The van der Waals surface area contributed by atoms with Gasteiger partial charge in [-0.2, -0.15) is 0 Å². The van der Waals surface area contributed by atoms with Crippen molar-refractivity contribution in [3.05, 3.63) is 70.2 Å². The molecule has 2 aliphatic heterocycles. The Labute approximate surface area is 210 Å². The van der Waals surface area contributed by atoms with Gasteiger partial charge in [-0.05, 0) is 82.6 Å². The van der Waals surface area contributed by atoms with Crippen molar-refractivity contribution in [1.82, 2.24) is 20.0 Å². The van der Waals surface area contributed by atoms with E-state index < -0.39 is 0 Å². The van der Waals surface area contributed by atoms with Crippen LogP contribution in [-0.2, 0) is 23.2 Å². The first-order chi connectivity index (χ1) is 16.3. The highest BCUT2D eigenvalue weighted by Gasteiger charge is 2.44. The normalized spacial score (nSPS) is 19.8. The summed E-state index contributed by atoms with van der Waals surface area (Å²) in [7, 11) is 6.38. The minimum absolute atomic E-state index is 0.0446. The molecule has 1 N–H and O–H groups in total. The Morgan fingerprint density at radius 3 is 2.44 bits per heavy atom. The van der Waals surface area contributed by atoms with Crippen LogP contribution in [0.5, 0.6) is 0 Å². The number of nitrogens with one attached hydrogen (secondary N) is 1. The van der Waals surface area contributed by atoms with Crippen molar-refractivity contribution in [2.45, 2.75) is 50.2 Å². The van der Waals surface area contributed by atoms with Gasteiger partial charge in [-0.1, -0.05) is 48.0 Å². The Morgan fingerprint density at radius 1 is 1.09 bits per heavy atom. The van der Waals surface area contributed by atoms with E-state index in [1.807, 2.05) is 24.3 Å². The summed E-state index contributed by atoms with van der Waals surface area (Å²) in [5.41, 5.74) is 4.11. The van der Waals surface area contributed by atoms with Gasteiger partial charge in [0, 0.05) is 42.8 Å². The lowest BCUT2D eigenvalue weighted by molar-refractivity contribution is -0.136. The Balaban J connectivity index is 1.49. The van der Waals surface area contributed by atoms with Crippen molar-refractivity contribution >= 4 is 17.5 Å². The number of likely N-dealkylation sites (N-methyl/N-ethyl adjacent to an activating group) is 2. The average molecular weight is 483 g/mol. The maximum atomic E-state index is 13.8. The van der Waals surface area contributed by atoms with E-state index in [0.717, 1.165) is 56.0 Å². The van der Waals surface area contributed by atoms with Crippen molar-refractivity contribution in [3.8, 4) is 0 Å². The lowest BCUT2D eigenvalue weighted by Crippen LogP contribution is -2.58. The van der Waals surface area contributed by atoms with Crippen LogP contribution in [0.3, 0.4) is 0 Å². The number of carbonyl (C=O) groups is 1. The van der Waals surface area contributed by atoms with Crippen LogP contribution in [0, 0.1) is 0 Å². The van der Waals surface area contributed by atoms with Gasteiger partial charge in [0.15, 0.2) is 0 Å². The minimum atomic E-state index is -0.249. The Kier molecular flexibility index (Phi) is 7.98. The highest BCUT2D eigenvalue weighted by atomic mass is 35.5. The highest BCUT2D eigenvalue weighted by Crippen LogP contribution is 2.42. The number of nitrogens with zero attached hydrogens (tertiary/aromatic N) is 3. The molecule has 0 aromatic heterocycles. The molecule has 2 aromatic rings. The van der Waals surface area contributed by atoms with E-state index in [4.69, 9.17) is 11.6 Å². The summed E-state index contributed by atoms with van der Waals surface area (Å²) < 4.78 is 0. The van der Waals surface area contributed by atoms with Crippen LogP contribution in [0.4, 0.5) is 0 Å². The van der Waals surface area contributed by atoms with Gasteiger partial charge in [0.2, 0.25) is 5.91 Å². The van der Waals surface area contributed by atoms with Gasteiger partial charge >= 0.3 is 0 Å². The third kappa shape index (κ3) is 5.49. The summed E-state index contributed by atoms with van der Waals surface area (Å²) in [5.74, 6) is 0.210. The largest absolute Gasteiger partial charge is 0.341 e. The molecule has 2 heterocycles. The number of hydrogen-bond acceptors (Lipinski definition) is 4. The van der Waals surface area contributed by atoms with Crippen LogP contribution in [0.2, 0.25) is 5.02 Å². The Morgan fingerprint density at radius 2 is 1.76 bits per heavy atom. The molecule has 34 heavy (non-hydrogen) atoms. The van der Waals surface area contributed by atoms with E-state index >= 15 is 0 Å². The fourth-order valence-corrected chi connectivity index (χ4v) is 6.01. The van der Waals surface area contributed by atoms with Gasteiger partial charge < -0.3 is 15.1 Å². The molecule has 184 valence electrons. The third-order valence-electron chi connectivity index (χ3n) is 7.64. The first kappa shape index (κ1) is 25.2. The standard InChI is InChI=1S/C28H39ClN4O/c1-21(20-31(2)3)30-26(19-22-9-11-24(29)12-10-22)27(34)33-17-14-28(15-18-33)25-8-6-5-7-23(25)13-16-32(28)4/h5-12,21,26,30H,13-20H2,1-4H3/t21?,26-/m1/s1. The van der Waals surface area contributed by atoms with Crippen LogP contribution in [0.15, 0.2) is 48.5 Å². The number of likely N-dealkylation sites (tertiary alicyclic amines) is 1. The van der Waals surface area contributed by atoms with Crippen molar-refractivity contribution in [3.63, 3.8) is 0 Å². The van der Waals surface area contributed by atoms with Gasteiger partial charge in [0.05, 0.1) is 6.04 Å². The zero-order valence-corrected chi connectivity index (χ0v) is 21.8. The van der Waals surface area contributed by atoms with Crippen molar-refractivity contribution in [2.24, 2.45) is 0 Å². The van der Waals surface area contributed by atoms with E-state index in [1.54, 1.807) is 0 Å². The summed E-state index contributed by atoms with van der Waals surface area (Å²) in [6, 6.07) is 16.7. The van der Waals surface area contributed by atoms with Crippen molar-refractivity contribution in [1.29, 1.82) is 0 Å². The topological polar surface area (TPSA) is 38.8 Å². The molecule has 1 amide bonds. The fraction of sp³-hybridized carbons (Fsp3) is 0.536. The van der Waals surface area contributed by atoms with Gasteiger partial charge in [-0.25, -0.2) is 0 Å². The zero-order chi connectivity index (χ0) is 24.3. The number of piperidine rings is 1. The van der Waals surface area contributed by atoms with Crippen LogP contribution in [-0.4, -0.2) is 80.0 Å². The molecular weight excluding hydrogens is 444 g/mol. The quantitative estimate of drug-likeness (QED) is 0.651. The smallest absolute Gasteiger partial charge is 0.240 e. The molecule has 2 atom stereocenters. The van der Waals surface area contributed by atoms with Crippen LogP contribution >= 0.6 is 11.6 Å². The predicted octanol–water partition coefficient (Wildman–Crippen LogP) is 3.80. The molecule has 1 fully saturated rings. The first-order valence-electron chi connectivity index (χ1n) is 12.5. The molecule has 0 saturated carbocycles. The molecule has 1 spiro atoms. The van der Waals surface area contributed by atoms with Gasteiger partial charge in [0.25, 0.3) is 0 Å². The molecule has 4 rings (SSSR count). The summed E-state index contributed by atoms with van der Waals surface area (Å²) >= 11 is 6.09. The molecule has 0 bridgehead atoms. The number of halogens is 1. The van der Waals surface area contributed by atoms with E-state index in [9.17, 15) is 4.79 Å². The molecule has 2 aromatic carbocycles. The summed E-state index contributed by atoms with van der Waals surface area (Å²) in [5, 5.41) is 4.35. The fourth-order valence-electron chi connectivity index (χ4n) is 5.89. The Hall–Kier alpha value is -1.92. The second kappa shape index (κ2) is 10.8. The second-order valence-corrected chi connectivity index (χ2v) is 10.8. The third-order valence-corrected chi connectivity index (χ3v) is 7.90. The van der Waals surface area contributed by atoms with Crippen molar-refractivity contribution < 1.29 is 4.79 Å². The monoisotopic (exact) mass is 482 g/mol. The molecule has 6 heteroatoms. The van der Waals surface area contributed by atoms with Gasteiger partial charge in [0.1, 0.15) is 0 Å². The number of rotatable bonds is 7. The predicted molar refractivity (Wildman–Crippen MR) is 140 cm³/mol. The average Bonchev–Trinajstić information content (AvgIpc) is 2.82. The molecule has 2 aliphatic rings. The number of amides is 1. The number of hydrogen-bond donors (Lipinski definition) is 1. The molecular formula is C28H39ClN4O. The first-order valence-corrected chi connectivity index (χ1v) is 12.9. The Bertz CT molecular complexity index is 969. The van der Waals surface area contributed by atoms with Crippen molar-refractivity contribution in [2.75, 3.05) is 47.3 Å². The van der Waals surface area contributed by atoms with Crippen LogP contribution in [0.25, 0.3) is 0 Å². The highest BCUT2D eigenvalue weighted by molar-refractivity contribution is 6.30. The van der Waals surface area contributed by atoms with E-state index in [0.29, 0.717) is 6.42 Å². The summed E-state index contributed by atoms with van der Waals surface area (Å²) in [6.07, 6.45) is 3.73. The summed E-state index contributed by atoms with van der Waals surface area (Å²) in [4.78, 5) is 20.6. The summed E-state index contributed by atoms with van der Waals surface area (Å²) in [6.45, 7) is 5.70. The van der Waals surface area contributed by atoms with E-state index in [-0.39, 0.29) is 23.5 Å². The van der Waals surface area contributed by atoms with Crippen LogP contribution < -0.4 is 5.32 Å². The second-order valence-electron chi connectivity index (χ2n) is 10.4. The number of carbonyl (C=O) groups excluding carboxylic acids is 1. The minimum Gasteiger partial charge on any atom is -0.341 e. The van der Waals surface area contributed by atoms with Gasteiger partial charge in [-0.15, -0.1) is 0 Å². The molecule has 1 saturated heterocycles. The van der Waals surface area contributed by atoms with E-state index in [1.165, 1.54) is 11.1 Å². The van der Waals surface area contributed by atoms with Crippen LogP contribution in [0.1, 0.15) is 36.5 Å². The van der Waals surface area contributed by atoms with Gasteiger partial charge in [-0.3, -0.25) is 9.69 Å². The van der Waals surface area contributed by atoms with E-state index in [2.05, 4.69) is 72.3 Å².